The van der Waals surface area contributed by atoms with Crippen LogP contribution in [-0.4, -0.2) is 27.5 Å². The summed E-state index contributed by atoms with van der Waals surface area (Å²) >= 11 is 0. The number of nitrogens with zero attached hydrogens (tertiary/aromatic N) is 1. The molecule has 0 amide bonds. The van der Waals surface area contributed by atoms with E-state index >= 15 is 0 Å². The molecule has 86 valence electrons. The van der Waals surface area contributed by atoms with Crippen molar-refractivity contribution in [3.8, 4) is 0 Å². The van der Waals surface area contributed by atoms with Crippen molar-refractivity contribution >= 4 is 0 Å². The van der Waals surface area contributed by atoms with Crippen LogP contribution in [0.3, 0.4) is 0 Å². The minimum absolute atomic E-state index is 0.0255. The molecular formula is C11H20N2O2. The fourth-order valence-electron chi connectivity index (χ4n) is 1.46. The molecule has 2 atom stereocenters. The molecule has 1 aromatic rings. The van der Waals surface area contributed by atoms with Crippen molar-refractivity contribution in [3.05, 3.63) is 24.0 Å². The number of hydrogen-bond acceptors (Lipinski definition) is 3. The van der Waals surface area contributed by atoms with E-state index < -0.39 is 6.10 Å². The molecule has 0 spiro atoms. The predicted octanol–water partition coefficient (Wildman–Crippen LogP) is 0.497. The average molecular weight is 212 g/mol. The maximum absolute atomic E-state index is 9.27. The topological polar surface area (TPSA) is 71.4 Å². The zero-order chi connectivity index (χ0) is 11.4. The van der Waals surface area contributed by atoms with E-state index in [1.807, 2.05) is 23.0 Å². The summed E-state index contributed by atoms with van der Waals surface area (Å²) in [6.45, 7) is 4.33. The fraction of sp³-hybridized carbons (Fsp3) is 0.636. The fourth-order valence-corrected chi connectivity index (χ4v) is 1.46. The third-order valence-electron chi connectivity index (χ3n) is 2.51. The first-order valence-corrected chi connectivity index (χ1v) is 5.24. The van der Waals surface area contributed by atoms with E-state index in [-0.39, 0.29) is 12.6 Å². The van der Waals surface area contributed by atoms with Gasteiger partial charge < -0.3 is 20.5 Å². The van der Waals surface area contributed by atoms with Crippen molar-refractivity contribution in [1.29, 1.82) is 0 Å². The molecule has 4 N–H and O–H groups in total. The number of aliphatic hydroxyl groups is 2. The molecule has 2 unspecified atom stereocenters. The first kappa shape index (κ1) is 12.2. The monoisotopic (exact) mass is 212 g/mol. The summed E-state index contributed by atoms with van der Waals surface area (Å²) in [6.07, 6.45) is 3.08. The second-order valence-electron chi connectivity index (χ2n) is 4.25. The van der Waals surface area contributed by atoms with Gasteiger partial charge in [-0.3, -0.25) is 0 Å². The molecule has 4 nitrogen and oxygen atoms in total. The summed E-state index contributed by atoms with van der Waals surface area (Å²) in [5, 5.41) is 18.0. The van der Waals surface area contributed by atoms with Gasteiger partial charge in [-0.2, -0.15) is 0 Å². The highest BCUT2D eigenvalue weighted by molar-refractivity contribution is 5.15. The van der Waals surface area contributed by atoms with Crippen molar-refractivity contribution < 1.29 is 10.2 Å². The highest BCUT2D eigenvalue weighted by Gasteiger charge is 2.12. The van der Waals surface area contributed by atoms with E-state index in [9.17, 15) is 5.11 Å². The van der Waals surface area contributed by atoms with Crippen molar-refractivity contribution in [2.45, 2.75) is 32.5 Å². The normalized spacial score (nSPS) is 15.6. The summed E-state index contributed by atoms with van der Waals surface area (Å²) < 4.78 is 1.85. The van der Waals surface area contributed by atoms with E-state index in [1.165, 1.54) is 0 Å². The van der Waals surface area contributed by atoms with Gasteiger partial charge in [0.05, 0.1) is 19.3 Å². The zero-order valence-corrected chi connectivity index (χ0v) is 9.30. The Hall–Kier alpha value is -0.840. The molecule has 0 fully saturated rings. The van der Waals surface area contributed by atoms with Gasteiger partial charge in [0.2, 0.25) is 0 Å². The average Bonchev–Trinajstić information content (AvgIpc) is 2.64. The van der Waals surface area contributed by atoms with Gasteiger partial charge in [-0.25, -0.2) is 0 Å². The Morgan fingerprint density at radius 1 is 1.47 bits per heavy atom. The number of rotatable bonds is 5. The molecule has 15 heavy (non-hydrogen) atoms. The molecule has 0 saturated heterocycles. The third kappa shape index (κ3) is 3.34. The lowest BCUT2D eigenvalue weighted by atomic mass is 10.00. The Bertz CT molecular complexity index is 297. The Kier molecular flexibility index (Phi) is 4.32. The van der Waals surface area contributed by atoms with Crippen molar-refractivity contribution in [3.63, 3.8) is 0 Å². The Morgan fingerprint density at radius 3 is 2.67 bits per heavy atom. The van der Waals surface area contributed by atoms with Crippen LogP contribution in [0.15, 0.2) is 18.5 Å². The summed E-state index contributed by atoms with van der Waals surface area (Å²) in [6, 6.07) is 1.98. The first-order chi connectivity index (χ1) is 7.04. The summed E-state index contributed by atoms with van der Waals surface area (Å²) in [5.74, 6) is 0.392. The van der Waals surface area contributed by atoms with E-state index in [1.54, 1.807) is 0 Å². The van der Waals surface area contributed by atoms with Crippen LogP contribution < -0.4 is 5.73 Å². The van der Waals surface area contributed by atoms with E-state index in [0.717, 1.165) is 5.56 Å². The van der Waals surface area contributed by atoms with Gasteiger partial charge in [-0.05, 0) is 17.5 Å². The lowest BCUT2D eigenvalue weighted by Gasteiger charge is -2.14. The maximum atomic E-state index is 9.27. The number of nitrogens with two attached hydrogens (primary N) is 1. The minimum Gasteiger partial charge on any atom is -0.394 e. The second-order valence-corrected chi connectivity index (χ2v) is 4.25. The first-order valence-electron chi connectivity index (χ1n) is 5.24. The molecular weight excluding hydrogens is 192 g/mol. The predicted molar refractivity (Wildman–Crippen MR) is 59.3 cm³/mol. The Labute approximate surface area is 90.3 Å². The van der Waals surface area contributed by atoms with E-state index in [4.69, 9.17) is 10.8 Å². The third-order valence-corrected chi connectivity index (χ3v) is 2.51. The number of hydrogen-bond donors (Lipinski definition) is 3. The van der Waals surface area contributed by atoms with Crippen LogP contribution >= 0.6 is 0 Å². The summed E-state index contributed by atoms with van der Waals surface area (Å²) in [5.41, 5.74) is 7.05. The van der Waals surface area contributed by atoms with Gasteiger partial charge >= 0.3 is 0 Å². The van der Waals surface area contributed by atoms with Crippen LogP contribution in [0.4, 0.5) is 0 Å². The molecule has 1 heterocycles. The van der Waals surface area contributed by atoms with Gasteiger partial charge in [-0.1, -0.05) is 13.8 Å². The SMILES string of the molecule is CC(C)C(N)c1ccn(CC(O)CO)c1. The van der Waals surface area contributed by atoms with Gasteiger partial charge in [0.1, 0.15) is 0 Å². The highest BCUT2D eigenvalue weighted by Crippen LogP contribution is 2.18. The van der Waals surface area contributed by atoms with Gasteiger partial charge in [0, 0.05) is 18.4 Å². The molecule has 0 aliphatic carbocycles. The second kappa shape index (κ2) is 5.30. The molecule has 4 heteroatoms. The van der Waals surface area contributed by atoms with Crippen molar-refractivity contribution in [2.24, 2.45) is 11.7 Å². The number of aromatic nitrogens is 1. The van der Waals surface area contributed by atoms with Crippen LogP contribution in [0, 0.1) is 5.92 Å². The largest absolute Gasteiger partial charge is 0.394 e. The highest BCUT2D eigenvalue weighted by atomic mass is 16.3. The maximum Gasteiger partial charge on any atom is 0.0949 e. The quantitative estimate of drug-likeness (QED) is 0.665. The van der Waals surface area contributed by atoms with Crippen LogP contribution in [0.5, 0.6) is 0 Å². The molecule has 0 aliphatic heterocycles. The van der Waals surface area contributed by atoms with E-state index in [2.05, 4.69) is 13.8 Å². The summed E-state index contributed by atoms with van der Waals surface area (Å²) in [7, 11) is 0. The summed E-state index contributed by atoms with van der Waals surface area (Å²) in [4.78, 5) is 0. The van der Waals surface area contributed by atoms with Crippen molar-refractivity contribution in [1.82, 2.24) is 4.57 Å². The van der Waals surface area contributed by atoms with Crippen LogP contribution in [-0.2, 0) is 6.54 Å². The van der Waals surface area contributed by atoms with Gasteiger partial charge in [0.25, 0.3) is 0 Å². The lowest BCUT2D eigenvalue weighted by Crippen LogP contribution is -2.19. The van der Waals surface area contributed by atoms with Gasteiger partial charge in [0.15, 0.2) is 0 Å². The zero-order valence-electron chi connectivity index (χ0n) is 9.30. The molecule has 0 aliphatic rings. The molecule has 0 radical (unpaired) electrons. The lowest BCUT2D eigenvalue weighted by molar-refractivity contribution is 0.0813. The molecule has 1 rings (SSSR count). The van der Waals surface area contributed by atoms with Crippen molar-refractivity contribution in [2.75, 3.05) is 6.61 Å². The molecule has 0 bridgehead atoms. The standard InChI is InChI=1S/C11H20N2O2/c1-8(2)11(12)9-3-4-13(5-9)6-10(15)7-14/h3-5,8,10-11,14-15H,6-7,12H2,1-2H3. The molecule has 0 saturated carbocycles. The Morgan fingerprint density at radius 2 is 2.13 bits per heavy atom. The van der Waals surface area contributed by atoms with Crippen LogP contribution in [0.1, 0.15) is 25.5 Å². The van der Waals surface area contributed by atoms with Crippen LogP contribution in [0.2, 0.25) is 0 Å². The van der Waals surface area contributed by atoms with Crippen LogP contribution in [0.25, 0.3) is 0 Å². The molecule has 0 aromatic carbocycles. The number of aliphatic hydroxyl groups excluding tert-OH is 2. The van der Waals surface area contributed by atoms with E-state index in [0.29, 0.717) is 12.5 Å². The minimum atomic E-state index is -0.708. The molecule has 1 aromatic heterocycles. The Balaban J connectivity index is 2.63. The smallest absolute Gasteiger partial charge is 0.0949 e. The van der Waals surface area contributed by atoms with Gasteiger partial charge in [-0.15, -0.1) is 0 Å².